The first-order chi connectivity index (χ1) is 11.4. The molecule has 0 saturated carbocycles. The van der Waals surface area contributed by atoms with Gasteiger partial charge >= 0.3 is 6.18 Å². The minimum Gasteiger partial charge on any atom is -0.456 e. The van der Waals surface area contributed by atoms with Crippen LogP contribution < -0.4 is 10.5 Å². The van der Waals surface area contributed by atoms with E-state index in [0.717, 1.165) is 11.6 Å². The second-order valence-corrected chi connectivity index (χ2v) is 5.22. The molecule has 0 unspecified atom stereocenters. The van der Waals surface area contributed by atoms with Crippen LogP contribution in [-0.4, -0.2) is 0 Å². The van der Waals surface area contributed by atoms with E-state index in [1.807, 2.05) is 36.4 Å². The van der Waals surface area contributed by atoms with E-state index in [-0.39, 0.29) is 11.4 Å². The molecule has 0 radical (unpaired) electrons. The van der Waals surface area contributed by atoms with Crippen LogP contribution in [0.5, 0.6) is 11.5 Å². The van der Waals surface area contributed by atoms with Gasteiger partial charge < -0.3 is 10.5 Å². The van der Waals surface area contributed by atoms with E-state index < -0.39 is 11.7 Å². The van der Waals surface area contributed by atoms with E-state index in [4.69, 9.17) is 10.5 Å². The van der Waals surface area contributed by atoms with Crippen molar-refractivity contribution in [2.45, 2.75) is 6.18 Å². The number of nitrogens with two attached hydrogens (primary N) is 1. The summed E-state index contributed by atoms with van der Waals surface area (Å²) in [6.45, 7) is 0. The van der Waals surface area contributed by atoms with Crippen molar-refractivity contribution in [1.29, 1.82) is 0 Å². The molecule has 0 spiro atoms. The van der Waals surface area contributed by atoms with Crippen LogP contribution in [0, 0.1) is 0 Å². The second kappa shape index (κ2) is 6.28. The Morgan fingerprint density at radius 1 is 0.750 bits per heavy atom. The van der Waals surface area contributed by atoms with E-state index in [1.54, 1.807) is 18.2 Å². The van der Waals surface area contributed by atoms with Gasteiger partial charge in [0.05, 0.1) is 0 Å². The van der Waals surface area contributed by atoms with Gasteiger partial charge in [-0.2, -0.15) is 13.2 Å². The summed E-state index contributed by atoms with van der Waals surface area (Å²) in [7, 11) is 0. The molecule has 0 aliphatic heterocycles. The number of alkyl halides is 3. The SMILES string of the molecule is Nc1ccc(Oc2ccccc2-c2ccccc2)c(C(F)(F)F)c1. The largest absolute Gasteiger partial charge is 0.456 e. The summed E-state index contributed by atoms with van der Waals surface area (Å²) in [5, 5.41) is 0. The molecular formula is C19H14F3NO. The zero-order valence-corrected chi connectivity index (χ0v) is 12.5. The van der Waals surface area contributed by atoms with E-state index >= 15 is 0 Å². The molecule has 3 rings (SSSR count). The molecule has 24 heavy (non-hydrogen) atoms. The molecule has 0 heterocycles. The van der Waals surface area contributed by atoms with Gasteiger partial charge in [-0.05, 0) is 29.8 Å². The molecule has 0 fully saturated rings. The quantitative estimate of drug-likeness (QED) is 0.621. The third kappa shape index (κ3) is 3.35. The van der Waals surface area contributed by atoms with Crippen molar-refractivity contribution < 1.29 is 17.9 Å². The molecule has 0 atom stereocenters. The van der Waals surface area contributed by atoms with E-state index in [9.17, 15) is 13.2 Å². The summed E-state index contributed by atoms with van der Waals surface area (Å²) < 4.78 is 45.3. The van der Waals surface area contributed by atoms with E-state index in [1.165, 1.54) is 12.1 Å². The van der Waals surface area contributed by atoms with Gasteiger partial charge in [-0.25, -0.2) is 0 Å². The number of halogens is 3. The number of hydrogen-bond donors (Lipinski definition) is 1. The van der Waals surface area contributed by atoms with Crippen LogP contribution in [0.15, 0.2) is 72.8 Å². The topological polar surface area (TPSA) is 35.2 Å². The molecule has 3 aromatic rings. The van der Waals surface area contributed by atoms with Crippen LogP contribution in [0.4, 0.5) is 18.9 Å². The Morgan fingerprint density at radius 3 is 2.12 bits per heavy atom. The van der Waals surface area contributed by atoms with Crippen LogP contribution >= 0.6 is 0 Å². The average Bonchev–Trinajstić information content (AvgIpc) is 2.57. The Hall–Kier alpha value is -2.95. The maximum Gasteiger partial charge on any atom is 0.420 e. The van der Waals surface area contributed by atoms with Crippen molar-refractivity contribution in [1.82, 2.24) is 0 Å². The van der Waals surface area contributed by atoms with Crippen molar-refractivity contribution in [3.05, 3.63) is 78.4 Å². The first-order valence-corrected chi connectivity index (χ1v) is 7.24. The van der Waals surface area contributed by atoms with Gasteiger partial charge in [0.25, 0.3) is 0 Å². The molecular weight excluding hydrogens is 315 g/mol. The highest BCUT2D eigenvalue weighted by Gasteiger charge is 2.35. The predicted molar refractivity (Wildman–Crippen MR) is 87.8 cm³/mol. The predicted octanol–water partition coefficient (Wildman–Crippen LogP) is 5.75. The zero-order valence-electron chi connectivity index (χ0n) is 12.5. The lowest BCUT2D eigenvalue weighted by atomic mass is 10.0. The first kappa shape index (κ1) is 15.9. The second-order valence-electron chi connectivity index (χ2n) is 5.22. The summed E-state index contributed by atoms with van der Waals surface area (Å²) in [6.07, 6.45) is -4.55. The van der Waals surface area contributed by atoms with Gasteiger partial charge in [0.15, 0.2) is 0 Å². The minimum atomic E-state index is -4.55. The monoisotopic (exact) mass is 329 g/mol. The normalized spacial score (nSPS) is 11.3. The Morgan fingerprint density at radius 2 is 1.42 bits per heavy atom. The molecule has 2 N–H and O–H groups in total. The highest BCUT2D eigenvalue weighted by Crippen LogP contribution is 2.41. The Kier molecular flexibility index (Phi) is 4.16. The third-order valence-electron chi connectivity index (χ3n) is 3.50. The van der Waals surface area contributed by atoms with Crippen molar-refractivity contribution in [2.24, 2.45) is 0 Å². The highest BCUT2D eigenvalue weighted by atomic mass is 19.4. The highest BCUT2D eigenvalue weighted by molar-refractivity contribution is 5.71. The fourth-order valence-corrected chi connectivity index (χ4v) is 2.39. The van der Waals surface area contributed by atoms with E-state index in [2.05, 4.69) is 0 Å². The molecule has 2 nitrogen and oxygen atoms in total. The molecule has 0 aromatic heterocycles. The van der Waals surface area contributed by atoms with Crippen molar-refractivity contribution in [2.75, 3.05) is 5.73 Å². The number of anilines is 1. The van der Waals surface area contributed by atoms with Gasteiger partial charge in [0, 0.05) is 11.3 Å². The maximum absolute atomic E-state index is 13.2. The number of hydrogen-bond acceptors (Lipinski definition) is 2. The molecule has 0 saturated heterocycles. The van der Waals surface area contributed by atoms with Crippen molar-refractivity contribution in [3.63, 3.8) is 0 Å². The van der Waals surface area contributed by atoms with Crippen molar-refractivity contribution >= 4 is 5.69 Å². The lowest BCUT2D eigenvalue weighted by Crippen LogP contribution is -2.08. The number of para-hydroxylation sites is 1. The zero-order chi connectivity index (χ0) is 17.2. The first-order valence-electron chi connectivity index (χ1n) is 7.24. The maximum atomic E-state index is 13.2. The lowest BCUT2D eigenvalue weighted by molar-refractivity contribution is -0.138. The summed E-state index contributed by atoms with van der Waals surface area (Å²) >= 11 is 0. The van der Waals surface area contributed by atoms with Gasteiger partial charge in [0.2, 0.25) is 0 Å². The van der Waals surface area contributed by atoms with Crippen LogP contribution in [0.3, 0.4) is 0 Å². The lowest BCUT2D eigenvalue weighted by Gasteiger charge is -2.16. The molecule has 122 valence electrons. The van der Waals surface area contributed by atoms with Gasteiger partial charge in [0.1, 0.15) is 17.1 Å². The minimum absolute atomic E-state index is 0.0334. The molecule has 0 aliphatic carbocycles. The summed E-state index contributed by atoms with van der Waals surface area (Å²) in [6, 6.07) is 19.8. The molecule has 3 aromatic carbocycles. The number of rotatable bonds is 3. The standard InChI is InChI=1S/C19H14F3NO/c20-19(21,22)16-12-14(23)10-11-18(16)24-17-9-5-4-8-15(17)13-6-2-1-3-7-13/h1-12H,23H2. The fraction of sp³-hybridized carbons (Fsp3) is 0.0526. The summed E-state index contributed by atoms with van der Waals surface area (Å²) in [4.78, 5) is 0. The van der Waals surface area contributed by atoms with Crippen LogP contribution in [0.25, 0.3) is 11.1 Å². The number of benzene rings is 3. The van der Waals surface area contributed by atoms with Crippen molar-refractivity contribution in [3.8, 4) is 22.6 Å². The fourth-order valence-electron chi connectivity index (χ4n) is 2.39. The average molecular weight is 329 g/mol. The van der Waals surface area contributed by atoms with Crippen LogP contribution in [-0.2, 0) is 6.18 Å². The van der Waals surface area contributed by atoms with Crippen LogP contribution in [0.2, 0.25) is 0 Å². The smallest absolute Gasteiger partial charge is 0.420 e. The van der Waals surface area contributed by atoms with E-state index in [0.29, 0.717) is 11.3 Å². The molecule has 5 heteroatoms. The number of nitrogen functional groups attached to an aromatic ring is 1. The Bertz CT molecular complexity index is 845. The summed E-state index contributed by atoms with van der Waals surface area (Å²) in [5.41, 5.74) is 6.19. The number of ether oxygens (including phenoxy) is 1. The van der Waals surface area contributed by atoms with Crippen LogP contribution in [0.1, 0.15) is 5.56 Å². The summed E-state index contributed by atoms with van der Waals surface area (Å²) in [5.74, 6) is 0.0686. The van der Waals surface area contributed by atoms with Gasteiger partial charge in [-0.1, -0.05) is 48.5 Å². The molecule has 0 bridgehead atoms. The Labute approximate surface area is 137 Å². The third-order valence-corrected chi connectivity index (χ3v) is 3.50. The van der Waals surface area contributed by atoms with Gasteiger partial charge in [-0.3, -0.25) is 0 Å². The Balaban J connectivity index is 2.05. The molecule has 0 amide bonds. The van der Waals surface area contributed by atoms with Gasteiger partial charge in [-0.15, -0.1) is 0 Å². The molecule has 0 aliphatic rings.